The number of carboxylic acid groups (broad SMARTS) is 1. The van der Waals surface area contributed by atoms with Gasteiger partial charge in [-0.1, -0.05) is 0 Å². The van der Waals surface area contributed by atoms with E-state index in [-0.39, 0.29) is 22.6 Å². The fourth-order valence-electron chi connectivity index (χ4n) is 0.203. The van der Waals surface area contributed by atoms with Crippen molar-refractivity contribution >= 4 is 11.8 Å². The Bertz CT molecular complexity index is 89.2. The molecule has 4 heteroatoms. The van der Waals surface area contributed by atoms with Gasteiger partial charge in [0.05, 0.1) is 0 Å². The Morgan fingerprint density at radius 3 is 1.70 bits per heavy atom. The number of hydrogen-bond donors (Lipinski definition) is 0. The third-order valence-electron chi connectivity index (χ3n) is 0.393. The number of rotatable bonds is 2. The van der Waals surface area contributed by atoms with Gasteiger partial charge in [0.25, 0.3) is 0 Å². The van der Waals surface area contributed by atoms with E-state index in [1.165, 1.54) is 6.92 Å². The van der Waals surface area contributed by atoms with E-state index in [2.05, 4.69) is 6.92 Å². The van der Waals surface area contributed by atoms with Gasteiger partial charge in [-0.25, -0.2) is 0 Å². The van der Waals surface area contributed by atoms with E-state index in [0.717, 1.165) is 0 Å². The summed E-state index contributed by atoms with van der Waals surface area (Å²) in [6.45, 7) is 6.20. The first kappa shape index (κ1) is 16.3. The molecule has 61 valence electrons. The second kappa shape index (κ2) is 11.4. The molecule has 0 amide bonds. The Labute approximate surface area is 71.0 Å². The summed E-state index contributed by atoms with van der Waals surface area (Å²) in [4.78, 5) is 19.3. The predicted octanol–water partition coefficient (Wildman–Crippen LogP) is -0.447. The largest absolute Gasteiger partial charge is 2.00 e. The van der Waals surface area contributed by atoms with Crippen LogP contribution in [0.25, 0.3) is 0 Å². The van der Waals surface area contributed by atoms with Crippen LogP contribution in [-0.2, 0) is 26.4 Å². The molecule has 0 saturated carbocycles. The van der Waals surface area contributed by atoms with E-state index in [1.54, 1.807) is 6.92 Å². The summed E-state index contributed by atoms with van der Waals surface area (Å²) in [7, 11) is 0. The molecule has 0 aromatic carbocycles. The molecule has 0 spiro atoms. The Hall–Kier alpha value is -0.354. The maximum atomic E-state index is 9.83. The molecule has 0 aliphatic heterocycles. The number of carbonyl (C=O) groups excluding carboxylic acids is 2. The summed E-state index contributed by atoms with van der Waals surface area (Å²) in [6.07, 6.45) is -0.472. The van der Waals surface area contributed by atoms with Crippen LogP contribution in [0.4, 0.5) is 0 Å². The molecule has 0 atom stereocenters. The molecule has 0 unspecified atom stereocenters. The van der Waals surface area contributed by atoms with Gasteiger partial charge in [0.15, 0.2) is 0 Å². The maximum Gasteiger partial charge on any atom is 2.00 e. The Kier molecular flexibility index (Phi) is 18.7. The van der Waals surface area contributed by atoms with Crippen LogP contribution in [-0.4, -0.2) is 11.8 Å². The molecule has 3 nitrogen and oxygen atoms in total. The summed E-state index contributed by atoms with van der Waals surface area (Å²) < 4.78 is 0. The van der Waals surface area contributed by atoms with Crippen molar-refractivity contribution in [1.29, 1.82) is 0 Å². The predicted molar refractivity (Wildman–Crippen MR) is 31.3 cm³/mol. The summed E-state index contributed by atoms with van der Waals surface area (Å²) >= 11 is 0. The number of ketones is 1. The second-order valence-corrected chi connectivity index (χ2v) is 1.25. The SMILES string of the molecule is CC(=O)CC(=O)[O-].[CH2-]C.[Co+2]. The normalized spacial score (nSPS) is 6.30. The van der Waals surface area contributed by atoms with Crippen LogP contribution < -0.4 is 5.11 Å². The van der Waals surface area contributed by atoms with Crippen molar-refractivity contribution in [3.63, 3.8) is 0 Å². The minimum absolute atomic E-state index is 0. The van der Waals surface area contributed by atoms with Crippen LogP contribution in [0.2, 0.25) is 0 Å². The van der Waals surface area contributed by atoms with Crippen molar-refractivity contribution in [1.82, 2.24) is 0 Å². The number of hydrogen-bond acceptors (Lipinski definition) is 3. The monoisotopic (exact) mass is 189 g/mol. The topological polar surface area (TPSA) is 57.2 Å². The molecule has 10 heavy (non-hydrogen) atoms. The average Bonchev–Trinajstić information content (AvgIpc) is 1.68. The molecule has 1 radical (unpaired) electrons. The van der Waals surface area contributed by atoms with Gasteiger partial charge in [-0.2, -0.15) is 6.92 Å². The number of carbonyl (C=O) groups is 2. The molecule has 0 bridgehead atoms. The molecule has 0 aliphatic carbocycles. The van der Waals surface area contributed by atoms with Crippen LogP contribution in [0.3, 0.4) is 0 Å². The van der Waals surface area contributed by atoms with Gasteiger partial charge in [0.2, 0.25) is 0 Å². The van der Waals surface area contributed by atoms with Crippen LogP contribution >= 0.6 is 0 Å². The van der Waals surface area contributed by atoms with E-state index in [9.17, 15) is 14.7 Å². The first-order valence-corrected chi connectivity index (χ1v) is 2.53. The first-order valence-electron chi connectivity index (χ1n) is 2.53. The molecule has 0 saturated heterocycles. The third-order valence-corrected chi connectivity index (χ3v) is 0.393. The van der Waals surface area contributed by atoms with Gasteiger partial charge >= 0.3 is 16.8 Å². The van der Waals surface area contributed by atoms with Gasteiger partial charge < -0.3 is 16.8 Å². The fourth-order valence-corrected chi connectivity index (χ4v) is 0.203. The van der Waals surface area contributed by atoms with Gasteiger partial charge in [-0.15, -0.1) is 0 Å². The van der Waals surface area contributed by atoms with Gasteiger partial charge in [-0.3, -0.25) is 4.79 Å². The Balaban J connectivity index is -0.000000149. The van der Waals surface area contributed by atoms with Crippen molar-refractivity contribution in [2.24, 2.45) is 0 Å². The van der Waals surface area contributed by atoms with E-state index in [1.807, 2.05) is 0 Å². The summed E-state index contributed by atoms with van der Waals surface area (Å²) in [5.41, 5.74) is 0. The van der Waals surface area contributed by atoms with E-state index in [0.29, 0.717) is 0 Å². The molecule has 0 fully saturated rings. The summed E-state index contributed by atoms with van der Waals surface area (Å²) in [5.74, 6) is -1.69. The molecule has 0 rings (SSSR count). The minimum Gasteiger partial charge on any atom is -0.550 e. The van der Waals surface area contributed by atoms with E-state index in [4.69, 9.17) is 0 Å². The molecule has 0 aliphatic rings. The van der Waals surface area contributed by atoms with E-state index >= 15 is 0 Å². The van der Waals surface area contributed by atoms with Gasteiger partial charge in [0.1, 0.15) is 5.78 Å². The Morgan fingerprint density at radius 1 is 1.40 bits per heavy atom. The quantitative estimate of drug-likeness (QED) is 0.436. The summed E-state index contributed by atoms with van der Waals surface area (Å²) in [5, 5.41) is 9.48. The van der Waals surface area contributed by atoms with Crippen molar-refractivity contribution in [2.45, 2.75) is 20.3 Å². The van der Waals surface area contributed by atoms with Gasteiger partial charge in [0, 0.05) is 12.4 Å². The zero-order chi connectivity index (χ0) is 7.86. The smallest absolute Gasteiger partial charge is 0.550 e. The standard InChI is InChI=1S/C4H6O3.C2H5.Co/c1-3(5)2-4(6)7;1-2;/h2H2,1H3,(H,6,7);1H2,2H3;/q;-1;+2/p-1. The fraction of sp³-hybridized carbons (Fsp3) is 0.500. The average molecular weight is 189 g/mol. The Morgan fingerprint density at radius 2 is 1.70 bits per heavy atom. The van der Waals surface area contributed by atoms with Crippen LogP contribution in [0, 0.1) is 6.92 Å². The zero-order valence-corrected chi connectivity index (χ0v) is 7.01. The molecular formula is C6H10CoO3. The van der Waals surface area contributed by atoms with Crippen molar-refractivity contribution in [2.75, 3.05) is 0 Å². The minimum atomic E-state index is -1.31. The molecule has 0 heterocycles. The number of carboxylic acids is 1. The second-order valence-electron chi connectivity index (χ2n) is 1.25. The van der Waals surface area contributed by atoms with Crippen molar-refractivity contribution in [3.05, 3.63) is 6.92 Å². The molecular weight excluding hydrogens is 179 g/mol. The van der Waals surface area contributed by atoms with Crippen LogP contribution in [0.15, 0.2) is 0 Å². The molecule has 0 aromatic rings. The first-order chi connectivity index (χ1) is 4.13. The maximum absolute atomic E-state index is 9.83. The van der Waals surface area contributed by atoms with E-state index < -0.39 is 12.4 Å². The molecule has 0 N–H and O–H groups in total. The van der Waals surface area contributed by atoms with Gasteiger partial charge in [-0.05, 0) is 6.92 Å². The van der Waals surface area contributed by atoms with Crippen molar-refractivity contribution in [3.8, 4) is 0 Å². The third kappa shape index (κ3) is 25.4. The number of aliphatic carboxylic acids is 1. The number of Topliss-reactive ketones (excluding diaryl/α,β-unsaturated/α-hetero) is 1. The molecule has 0 aromatic heterocycles. The van der Waals surface area contributed by atoms with Crippen LogP contribution in [0.5, 0.6) is 0 Å². The van der Waals surface area contributed by atoms with Crippen molar-refractivity contribution < 1.29 is 31.5 Å². The van der Waals surface area contributed by atoms with Crippen LogP contribution in [0.1, 0.15) is 20.3 Å². The zero-order valence-electron chi connectivity index (χ0n) is 5.97. The summed E-state index contributed by atoms with van der Waals surface area (Å²) in [6, 6.07) is 0.